The molecule has 3 aromatic rings. The van der Waals surface area contributed by atoms with Gasteiger partial charge in [0.15, 0.2) is 0 Å². The summed E-state index contributed by atoms with van der Waals surface area (Å²) < 4.78 is 1.14. The Hall–Kier alpha value is -2.53. The molecule has 4 nitrogen and oxygen atoms in total. The van der Waals surface area contributed by atoms with Gasteiger partial charge in [-0.1, -0.05) is 24.3 Å². The number of nitro groups is 1. The van der Waals surface area contributed by atoms with Gasteiger partial charge in [0.05, 0.1) is 15.1 Å². The highest BCUT2D eigenvalue weighted by molar-refractivity contribution is 7.19. The van der Waals surface area contributed by atoms with Gasteiger partial charge in [-0.3, -0.25) is 10.1 Å². The van der Waals surface area contributed by atoms with Gasteiger partial charge in [-0.25, -0.2) is 4.98 Å². The van der Waals surface area contributed by atoms with Crippen molar-refractivity contribution in [2.45, 2.75) is 6.92 Å². The summed E-state index contributed by atoms with van der Waals surface area (Å²) in [4.78, 5) is 14.9. The molecule has 0 N–H and O–H groups in total. The van der Waals surface area contributed by atoms with Crippen LogP contribution in [0.2, 0.25) is 0 Å². The topological polar surface area (TPSA) is 56.0 Å². The minimum Gasteiger partial charge on any atom is -0.258 e. The van der Waals surface area contributed by atoms with Crippen molar-refractivity contribution in [1.82, 2.24) is 4.98 Å². The maximum atomic E-state index is 10.7. The normalized spacial score (nSPS) is 11.3. The van der Waals surface area contributed by atoms with Crippen LogP contribution in [-0.2, 0) is 0 Å². The number of thiazole rings is 1. The molecular formula is C16H12N2O2S. The second kappa shape index (κ2) is 5.46. The summed E-state index contributed by atoms with van der Waals surface area (Å²) in [5.74, 6) is 0. The molecule has 0 aliphatic carbocycles. The van der Waals surface area contributed by atoms with Crippen LogP contribution in [0.5, 0.6) is 0 Å². The predicted molar refractivity (Wildman–Crippen MR) is 86.4 cm³/mol. The lowest BCUT2D eigenvalue weighted by Crippen LogP contribution is -1.87. The number of rotatable bonds is 3. The summed E-state index contributed by atoms with van der Waals surface area (Å²) in [5, 5.41) is 11.6. The standard InChI is InChI=1S/C16H12N2O2S/c1-11-5-7-15-14(9-11)17-16(21-15)8-6-12-3-2-4-13(10-12)18(19)20/h2-10H,1H3/b8-6+. The summed E-state index contributed by atoms with van der Waals surface area (Å²) >= 11 is 1.60. The van der Waals surface area contributed by atoms with Crippen molar-refractivity contribution in [3.63, 3.8) is 0 Å². The summed E-state index contributed by atoms with van der Waals surface area (Å²) in [6.07, 6.45) is 3.73. The van der Waals surface area contributed by atoms with Crippen molar-refractivity contribution < 1.29 is 4.92 Å². The molecule has 0 unspecified atom stereocenters. The van der Waals surface area contributed by atoms with Crippen molar-refractivity contribution in [2.24, 2.45) is 0 Å². The molecule has 3 rings (SSSR count). The fraction of sp³-hybridized carbons (Fsp3) is 0.0625. The monoisotopic (exact) mass is 296 g/mol. The van der Waals surface area contributed by atoms with Crippen LogP contribution in [0.4, 0.5) is 5.69 Å². The van der Waals surface area contributed by atoms with Crippen molar-refractivity contribution in [3.05, 3.63) is 68.7 Å². The number of nitrogens with zero attached hydrogens (tertiary/aromatic N) is 2. The summed E-state index contributed by atoms with van der Waals surface area (Å²) in [7, 11) is 0. The van der Waals surface area contributed by atoms with Crippen LogP contribution in [0.15, 0.2) is 42.5 Å². The van der Waals surface area contributed by atoms with Crippen LogP contribution in [0.3, 0.4) is 0 Å². The van der Waals surface area contributed by atoms with E-state index < -0.39 is 4.92 Å². The van der Waals surface area contributed by atoms with Gasteiger partial charge in [-0.2, -0.15) is 0 Å². The smallest absolute Gasteiger partial charge is 0.258 e. The second-order valence-electron chi connectivity index (χ2n) is 4.71. The molecule has 5 heteroatoms. The van der Waals surface area contributed by atoms with E-state index in [4.69, 9.17) is 0 Å². The first kappa shape index (κ1) is 13.5. The highest BCUT2D eigenvalue weighted by Gasteiger charge is 2.04. The van der Waals surface area contributed by atoms with Gasteiger partial charge in [0, 0.05) is 12.1 Å². The third-order valence-electron chi connectivity index (χ3n) is 3.06. The van der Waals surface area contributed by atoms with Crippen LogP contribution in [0, 0.1) is 17.0 Å². The zero-order valence-corrected chi connectivity index (χ0v) is 12.1. The number of benzene rings is 2. The number of nitro benzene ring substituents is 1. The lowest BCUT2D eigenvalue weighted by atomic mass is 10.2. The zero-order chi connectivity index (χ0) is 14.8. The average Bonchev–Trinajstić information content (AvgIpc) is 2.87. The molecule has 2 aromatic carbocycles. The summed E-state index contributed by atoms with van der Waals surface area (Å²) in [6.45, 7) is 2.04. The van der Waals surface area contributed by atoms with E-state index in [0.717, 1.165) is 20.8 Å². The highest BCUT2D eigenvalue weighted by Crippen LogP contribution is 2.24. The first-order chi connectivity index (χ1) is 10.1. The number of fused-ring (bicyclic) bond motifs is 1. The van der Waals surface area contributed by atoms with Crippen molar-refractivity contribution in [3.8, 4) is 0 Å². The van der Waals surface area contributed by atoms with E-state index in [0.29, 0.717) is 0 Å². The third-order valence-corrected chi connectivity index (χ3v) is 4.06. The lowest BCUT2D eigenvalue weighted by Gasteiger charge is -1.93. The van der Waals surface area contributed by atoms with Gasteiger partial charge >= 0.3 is 0 Å². The van der Waals surface area contributed by atoms with Crippen LogP contribution >= 0.6 is 11.3 Å². The van der Waals surface area contributed by atoms with Crippen LogP contribution in [0.25, 0.3) is 22.4 Å². The second-order valence-corrected chi connectivity index (χ2v) is 5.77. The van der Waals surface area contributed by atoms with Gasteiger partial charge < -0.3 is 0 Å². The summed E-state index contributed by atoms with van der Waals surface area (Å²) in [6, 6.07) is 12.7. The van der Waals surface area contributed by atoms with Gasteiger partial charge in [-0.05, 0) is 36.3 Å². The fourth-order valence-electron chi connectivity index (χ4n) is 2.04. The zero-order valence-electron chi connectivity index (χ0n) is 11.3. The van der Waals surface area contributed by atoms with E-state index in [9.17, 15) is 10.1 Å². The van der Waals surface area contributed by atoms with Gasteiger partial charge in [0.25, 0.3) is 5.69 Å². The third kappa shape index (κ3) is 2.98. The first-order valence-electron chi connectivity index (χ1n) is 6.41. The molecule has 21 heavy (non-hydrogen) atoms. The Bertz CT molecular complexity index is 852. The quantitative estimate of drug-likeness (QED) is 0.520. The maximum Gasteiger partial charge on any atom is 0.270 e. The van der Waals surface area contributed by atoms with E-state index in [-0.39, 0.29) is 5.69 Å². The molecule has 0 fully saturated rings. The molecule has 0 saturated heterocycles. The van der Waals surface area contributed by atoms with E-state index in [2.05, 4.69) is 23.2 Å². The van der Waals surface area contributed by atoms with Crippen molar-refractivity contribution >= 4 is 39.4 Å². The minimum atomic E-state index is -0.391. The largest absolute Gasteiger partial charge is 0.270 e. The van der Waals surface area contributed by atoms with E-state index in [1.54, 1.807) is 23.5 Å². The molecule has 0 aliphatic heterocycles. The average molecular weight is 296 g/mol. The number of aryl methyl sites for hydroxylation is 1. The van der Waals surface area contributed by atoms with Crippen LogP contribution in [-0.4, -0.2) is 9.91 Å². The Morgan fingerprint density at radius 1 is 1.19 bits per heavy atom. The highest BCUT2D eigenvalue weighted by atomic mass is 32.1. The van der Waals surface area contributed by atoms with E-state index >= 15 is 0 Å². The Balaban J connectivity index is 1.90. The van der Waals surface area contributed by atoms with Gasteiger partial charge in [0.1, 0.15) is 5.01 Å². The number of aromatic nitrogens is 1. The molecular weight excluding hydrogens is 284 g/mol. The fourth-order valence-corrected chi connectivity index (χ4v) is 2.89. The Morgan fingerprint density at radius 3 is 2.86 bits per heavy atom. The molecule has 104 valence electrons. The number of hydrogen-bond donors (Lipinski definition) is 0. The molecule has 0 amide bonds. The molecule has 0 bridgehead atoms. The molecule has 0 aliphatic rings. The molecule has 0 radical (unpaired) electrons. The Kier molecular flexibility index (Phi) is 3.50. The van der Waals surface area contributed by atoms with E-state index in [1.807, 2.05) is 25.1 Å². The Morgan fingerprint density at radius 2 is 2.05 bits per heavy atom. The van der Waals surface area contributed by atoms with Crippen LogP contribution in [0.1, 0.15) is 16.1 Å². The molecule has 1 aromatic heterocycles. The van der Waals surface area contributed by atoms with Crippen molar-refractivity contribution in [2.75, 3.05) is 0 Å². The first-order valence-corrected chi connectivity index (χ1v) is 7.23. The molecule has 0 spiro atoms. The molecule has 0 saturated carbocycles. The van der Waals surface area contributed by atoms with Gasteiger partial charge in [-0.15, -0.1) is 11.3 Å². The SMILES string of the molecule is Cc1ccc2sc(/C=C/c3cccc([N+](=O)[O-])c3)nc2c1. The van der Waals surface area contributed by atoms with E-state index in [1.165, 1.54) is 11.6 Å². The molecule has 0 atom stereocenters. The summed E-state index contributed by atoms with van der Waals surface area (Å²) in [5.41, 5.74) is 3.05. The van der Waals surface area contributed by atoms with Crippen LogP contribution < -0.4 is 0 Å². The number of hydrogen-bond acceptors (Lipinski definition) is 4. The van der Waals surface area contributed by atoms with Gasteiger partial charge in [0.2, 0.25) is 0 Å². The Labute approximate surface area is 125 Å². The molecule has 1 heterocycles. The van der Waals surface area contributed by atoms with Crippen molar-refractivity contribution in [1.29, 1.82) is 0 Å². The lowest BCUT2D eigenvalue weighted by molar-refractivity contribution is -0.384. The maximum absolute atomic E-state index is 10.7. The predicted octanol–water partition coefficient (Wildman–Crippen LogP) is 4.68. The minimum absolute atomic E-state index is 0.0945. The number of non-ortho nitro benzene ring substituents is 1.